The molecule has 8 nitrogen and oxygen atoms in total. The van der Waals surface area contributed by atoms with Crippen molar-refractivity contribution in [2.45, 2.75) is 31.6 Å². The van der Waals surface area contributed by atoms with Gasteiger partial charge >= 0.3 is 0 Å². The smallest absolute Gasteiger partial charge is 0.255 e. The molecule has 2 aromatic carbocycles. The summed E-state index contributed by atoms with van der Waals surface area (Å²) >= 11 is 1.61. The lowest BCUT2D eigenvalue weighted by Gasteiger charge is -2.35. The molecule has 5 rings (SSSR count). The fraction of sp³-hybridized carbons (Fsp3) is 0.241. The highest BCUT2D eigenvalue weighted by Gasteiger charge is 2.47. The molecule has 194 valence electrons. The Kier molecular flexibility index (Phi) is 6.94. The van der Waals surface area contributed by atoms with Gasteiger partial charge in [0.15, 0.2) is 5.82 Å². The third kappa shape index (κ3) is 4.32. The standard InChI is InChI=1S/C29H30N6O2S/c1-4-9-23(36)35-16-8-14-29(35,38-3)28-33-24(25-26(30)31-15-17-34(25)28)21-12-13-22(19(2)18-21)32-27(37)20-10-6-5-7-11-20/h4-7,9-13,15,17-18H,8,14,16H2,1-3H3,(H2,30,31)(H,32,37)/b9-4+. The first-order valence-corrected chi connectivity index (χ1v) is 13.7. The number of carbonyl (C=O) groups excluding carboxylic acids is 2. The quantitative estimate of drug-likeness (QED) is 0.332. The number of rotatable bonds is 6. The molecule has 2 amide bonds. The molecule has 1 aliphatic heterocycles. The summed E-state index contributed by atoms with van der Waals surface area (Å²) < 4.78 is 1.97. The molecule has 1 atom stereocenters. The van der Waals surface area contributed by atoms with Crippen LogP contribution in [0.1, 0.15) is 41.5 Å². The van der Waals surface area contributed by atoms with Crippen LogP contribution in [0, 0.1) is 6.92 Å². The number of carbonyl (C=O) groups is 2. The van der Waals surface area contributed by atoms with Gasteiger partial charge in [0.2, 0.25) is 5.91 Å². The Morgan fingerprint density at radius 2 is 1.97 bits per heavy atom. The minimum atomic E-state index is -0.635. The molecule has 2 aromatic heterocycles. The highest BCUT2D eigenvalue weighted by atomic mass is 32.2. The first kappa shape index (κ1) is 25.5. The third-order valence-electron chi connectivity index (χ3n) is 6.96. The molecule has 3 heterocycles. The van der Waals surface area contributed by atoms with Crippen LogP contribution in [0.15, 0.2) is 73.1 Å². The van der Waals surface area contributed by atoms with Gasteiger partial charge in [-0.2, -0.15) is 0 Å². The van der Waals surface area contributed by atoms with Gasteiger partial charge in [0.1, 0.15) is 21.9 Å². The lowest BCUT2D eigenvalue weighted by molar-refractivity contribution is -0.127. The summed E-state index contributed by atoms with van der Waals surface area (Å²) in [6.45, 7) is 4.45. The van der Waals surface area contributed by atoms with Crippen molar-refractivity contribution in [1.82, 2.24) is 19.3 Å². The predicted molar refractivity (Wildman–Crippen MR) is 153 cm³/mol. The molecule has 1 fully saturated rings. The normalized spacial score (nSPS) is 17.4. The van der Waals surface area contributed by atoms with Crippen LogP contribution >= 0.6 is 11.8 Å². The van der Waals surface area contributed by atoms with Crippen LogP contribution in [0.2, 0.25) is 0 Å². The number of nitrogens with zero attached hydrogens (tertiary/aromatic N) is 4. The summed E-state index contributed by atoms with van der Waals surface area (Å²) in [7, 11) is 0. The van der Waals surface area contributed by atoms with E-state index in [1.807, 2.05) is 72.0 Å². The van der Waals surface area contributed by atoms with E-state index in [4.69, 9.17) is 10.7 Å². The van der Waals surface area contributed by atoms with E-state index in [1.54, 1.807) is 42.2 Å². The minimum Gasteiger partial charge on any atom is -0.382 e. The number of amides is 2. The number of aromatic nitrogens is 3. The molecular weight excluding hydrogens is 496 g/mol. The third-order valence-corrected chi connectivity index (χ3v) is 8.25. The second-order valence-corrected chi connectivity index (χ2v) is 10.3. The Hall–Kier alpha value is -4.11. The van der Waals surface area contributed by atoms with Crippen LogP contribution in [0.25, 0.3) is 16.8 Å². The van der Waals surface area contributed by atoms with Crippen molar-refractivity contribution in [1.29, 1.82) is 0 Å². The minimum absolute atomic E-state index is 0.0333. The summed E-state index contributed by atoms with van der Waals surface area (Å²) in [6.07, 6.45) is 10.6. The van der Waals surface area contributed by atoms with Crippen molar-refractivity contribution in [3.05, 3.63) is 90.0 Å². The molecule has 1 unspecified atom stereocenters. The number of hydrogen-bond donors (Lipinski definition) is 2. The van der Waals surface area contributed by atoms with Crippen molar-refractivity contribution >= 4 is 40.6 Å². The SMILES string of the molecule is C/C=C/C(=O)N1CCCC1(SC)c1nc(-c2ccc(NC(=O)c3ccccc3)c(C)c2)c2c(N)nccn12. The highest BCUT2D eigenvalue weighted by molar-refractivity contribution is 7.99. The number of nitrogens with one attached hydrogen (secondary N) is 1. The molecule has 0 spiro atoms. The van der Waals surface area contributed by atoms with E-state index in [9.17, 15) is 9.59 Å². The van der Waals surface area contributed by atoms with Gasteiger partial charge in [0.25, 0.3) is 5.91 Å². The number of allylic oxidation sites excluding steroid dienone is 1. The number of likely N-dealkylation sites (tertiary alicyclic amines) is 1. The molecule has 9 heteroatoms. The van der Waals surface area contributed by atoms with Crippen LogP contribution in [0.5, 0.6) is 0 Å². The maximum atomic E-state index is 13.1. The topological polar surface area (TPSA) is 106 Å². The summed E-state index contributed by atoms with van der Waals surface area (Å²) in [4.78, 5) is 36.5. The number of hydrogen-bond acceptors (Lipinski definition) is 6. The number of imidazole rings is 1. The predicted octanol–water partition coefficient (Wildman–Crippen LogP) is 5.25. The molecule has 0 saturated carbocycles. The van der Waals surface area contributed by atoms with E-state index in [0.717, 1.165) is 35.5 Å². The van der Waals surface area contributed by atoms with Crippen molar-refractivity contribution in [3.8, 4) is 11.3 Å². The van der Waals surface area contributed by atoms with E-state index in [0.29, 0.717) is 29.1 Å². The maximum absolute atomic E-state index is 13.1. The number of fused-ring (bicyclic) bond motifs is 1. The van der Waals surface area contributed by atoms with E-state index < -0.39 is 4.87 Å². The Morgan fingerprint density at radius 3 is 2.68 bits per heavy atom. The second-order valence-electron chi connectivity index (χ2n) is 9.25. The van der Waals surface area contributed by atoms with Crippen LogP contribution in [0.4, 0.5) is 11.5 Å². The van der Waals surface area contributed by atoms with Crippen LogP contribution in [-0.4, -0.2) is 43.9 Å². The molecule has 0 bridgehead atoms. The zero-order valence-electron chi connectivity index (χ0n) is 21.6. The summed E-state index contributed by atoms with van der Waals surface area (Å²) in [5, 5.41) is 2.99. The zero-order chi connectivity index (χ0) is 26.9. The summed E-state index contributed by atoms with van der Waals surface area (Å²) in [5.41, 5.74) is 10.8. The Balaban J connectivity index is 1.59. The largest absolute Gasteiger partial charge is 0.382 e. The summed E-state index contributed by atoms with van der Waals surface area (Å²) in [6, 6.07) is 14.9. The lowest BCUT2D eigenvalue weighted by atomic mass is 10.1. The van der Waals surface area contributed by atoms with E-state index >= 15 is 0 Å². The van der Waals surface area contributed by atoms with Gasteiger partial charge in [-0.15, -0.1) is 11.8 Å². The number of anilines is 2. The van der Waals surface area contributed by atoms with Gasteiger partial charge in [-0.25, -0.2) is 9.97 Å². The monoisotopic (exact) mass is 526 g/mol. The number of aryl methyl sites for hydroxylation is 1. The highest BCUT2D eigenvalue weighted by Crippen LogP contribution is 2.48. The summed E-state index contributed by atoms with van der Waals surface area (Å²) in [5.74, 6) is 0.909. The fourth-order valence-electron chi connectivity index (χ4n) is 5.13. The number of benzene rings is 2. The van der Waals surface area contributed by atoms with Crippen LogP contribution in [-0.2, 0) is 9.67 Å². The Labute approximate surface area is 226 Å². The van der Waals surface area contributed by atoms with Crippen molar-refractivity contribution in [2.75, 3.05) is 23.9 Å². The van der Waals surface area contributed by atoms with Gasteiger partial charge in [-0.1, -0.05) is 30.3 Å². The van der Waals surface area contributed by atoms with E-state index in [-0.39, 0.29) is 11.8 Å². The van der Waals surface area contributed by atoms with Gasteiger partial charge < -0.3 is 16.0 Å². The van der Waals surface area contributed by atoms with Crippen molar-refractivity contribution in [2.24, 2.45) is 0 Å². The number of nitrogens with two attached hydrogens (primary N) is 1. The maximum Gasteiger partial charge on any atom is 0.255 e. The molecular formula is C29H30N6O2S. The van der Waals surface area contributed by atoms with Gasteiger partial charge in [0.05, 0.1) is 0 Å². The van der Waals surface area contributed by atoms with Gasteiger partial charge in [-0.3, -0.25) is 14.0 Å². The molecule has 0 radical (unpaired) electrons. The lowest BCUT2D eigenvalue weighted by Crippen LogP contribution is -2.43. The van der Waals surface area contributed by atoms with Crippen molar-refractivity contribution < 1.29 is 9.59 Å². The fourth-order valence-corrected chi connectivity index (χ4v) is 6.20. The van der Waals surface area contributed by atoms with Crippen LogP contribution < -0.4 is 11.1 Å². The molecule has 0 aliphatic carbocycles. The molecule has 1 saturated heterocycles. The van der Waals surface area contributed by atoms with E-state index in [1.165, 1.54) is 0 Å². The van der Waals surface area contributed by atoms with Crippen molar-refractivity contribution in [3.63, 3.8) is 0 Å². The van der Waals surface area contributed by atoms with Crippen LogP contribution in [0.3, 0.4) is 0 Å². The number of nitrogen functional groups attached to an aromatic ring is 1. The second kappa shape index (κ2) is 10.3. The Bertz CT molecular complexity index is 1550. The molecule has 3 N–H and O–H groups in total. The molecule has 38 heavy (non-hydrogen) atoms. The number of thioether (sulfide) groups is 1. The van der Waals surface area contributed by atoms with Gasteiger partial charge in [-0.05, 0) is 68.8 Å². The first-order valence-electron chi connectivity index (χ1n) is 12.5. The average molecular weight is 527 g/mol. The molecule has 1 aliphatic rings. The average Bonchev–Trinajstić information content (AvgIpc) is 3.54. The zero-order valence-corrected chi connectivity index (χ0v) is 22.5. The van der Waals surface area contributed by atoms with E-state index in [2.05, 4.69) is 10.3 Å². The molecule has 4 aromatic rings. The Morgan fingerprint density at radius 1 is 1.18 bits per heavy atom. The first-order chi connectivity index (χ1) is 18.4. The van der Waals surface area contributed by atoms with Gasteiger partial charge in [0, 0.05) is 35.8 Å².